The van der Waals surface area contributed by atoms with Crippen molar-refractivity contribution in [3.8, 4) is 11.6 Å². The van der Waals surface area contributed by atoms with E-state index < -0.39 is 0 Å². The summed E-state index contributed by atoms with van der Waals surface area (Å²) in [6.45, 7) is 1.66. The van der Waals surface area contributed by atoms with Gasteiger partial charge in [-0.2, -0.15) is 9.50 Å². The molecule has 0 unspecified atom stereocenters. The van der Waals surface area contributed by atoms with Gasteiger partial charge in [-0.25, -0.2) is 4.98 Å². The van der Waals surface area contributed by atoms with E-state index in [0.29, 0.717) is 17.3 Å². The van der Waals surface area contributed by atoms with Gasteiger partial charge in [-0.1, -0.05) is 11.6 Å². The molecule has 6 nitrogen and oxygen atoms in total. The van der Waals surface area contributed by atoms with Gasteiger partial charge in [-0.3, -0.25) is 9.89 Å². The molecular formula is C10H7ClN4O2. The zero-order valence-electron chi connectivity index (χ0n) is 8.77. The van der Waals surface area contributed by atoms with E-state index in [-0.39, 0.29) is 16.4 Å². The van der Waals surface area contributed by atoms with Gasteiger partial charge in [0.25, 0.3) is 11.3 Å². The van der Waals surface area contributed by atoms with Gasteiger partial charge in [0.15, 0.2) is 11.6 Å². The molecule has 3 heterocycles. The summed E-state index contributed by atoms with van der Waals surface area (Å²) < 4.78 is 6.37. The van der Waals surface area contributed by atoms with Crippen molar-refractivity contribution in [3.05, 3.63) is 39.5 Å². The molecule has 0 aliphatic heterocycles. The van der Waals surface area contributed by atoms with Crippen LogP contribution < -0.4 is 5.56 Å². The number of nitrogens with one attached hydrogen (secondary N) is 1. The van der Waals surface area contributed by atoms with Gasteiger partial charge in [-0.05, 0) is 19.1 Å². The molecule has 17 heavy (non-hydrogen) atoms. The van der Waals surface area contributed by atoms with Crippen molar-refractivity contribution < 1.29 is 4.42 Å². The Labute approximate surface area is 99.9 Å². The summed E-state index contributed by atoms with van der Waals surface area (Å²) in [6.07, 6.45) is 1.52. The summed E-state index contributed by atoms with van der Waals surface area (Å²) >= 11 is 5.82. The zero-order valence-corrected chi connectivity index (χ0v) is 9.52. The minimum absolute atomic E-state index is 0.0807. The molecule has 0 aliphatic rings. The largest absolute Gasteiger partial charge is 0.461 e. The number of hydrogen-bond acceptors (Lipinski definition) is 4. The molecule has 0 amide bonds. The Bertz CT molecular complexity index is 742. The van der Waals surface area contributed by atoms with Crippen molar-refractivity contribution in [1.29, 1.82) is 0 Å². The molecule has 0 spiro atoms. The van der Waals surface area contributed by atoms with Crippen LogP contribution in [0.5, 0.6) is 0 Å². The highest BCUT2D eigenvalue weighted by Crippen LogP contribution is 2.16. The minimum atomic E-state index is -0.375. The lowest BCUT2D eigenvalue weighted by Gasteiger charge is -1.95. The van der Waals surface area contributed by atoms with E-state index in [1.54, 1.807) is 19.1 Å². The van der Waals surface area contributed by atoms with Gasteiger partial charge in [0.05, 0.1) is 12.0 Å². The summed E-state index contributed by atoms with van der Waals surface area (Å²) in [5, 5.41) is 2.87. The predicted octanol–water partition coefficient (Wildman–Crippen LogP) is 1.64. The first-order valence-corrected chi connectivity index (χ1v) is 5.23. The number of H-pyrrole nitrogens is 1. The lowest BCUT2D eigenvalue weighted by atomic mass is 10.4. The average Bonchev–Trinajstić information content (AvgIpc) is 2.93. The van der Waals surface area contributed by atoms with E-state index in [4.69, 9.17) is 16.0 Å². The highest BCUT2D eigenvalue weighted by Gasteiger charge is 2.13. The van der Waals surface area contributed by atoms with E-state index in [1.165, 1.54) is 10.8 Å². The van der Waals surface area contributed by atoms with E-state index in [2.05, 4.69) is 15.1 Å². The van der Waals surface area contributed by atoms with Crippen LogP contribution in [-0.4, -0.2) is 19.6 Å². The Kier molecular flexibility index (Phi) is 2.05. The highest BCUT2D eigenvalue weighted by molar-refractivity contribution is 6.31. The molecule has 3 aromatic heterocycles. The monoisotopic (exact) mass is 250 g/mol. The second kappa shape index (κ2) is 3.46. The van der Waals surface area contributed by atoms with E-state index in [0.717, 1.165) is 0 Å². The topological polar surface area (TPSA) is 76.2 Å². The summed E-state index contributed by atoms with van der Waals surface area (Å²) in [7, 11) is 0. The van der Waals surface area contributed by atoms with E-state index in [9.17, 15) is 4.79 Å². The molecule has 0 aliphatic carbocycles. The Morgan fingerprint density at radius 3 is 3.00 bits per heavy atom. The minimum Gasteiger partial charge on any atom is -0.461 e. The Morgan fingerprint density at radius 2 is 2.29 bits per heavy atom. The summed E-state index contributed by atoms with van der Waals surface area (Å²) in [5.74, 6) is 1.23. The number of furan rings is 1. The summed E-state index contributed by atoms with van der Waals surface area (Å²) in [5.41, 5.74) is 0.0774. The predicted molar refractivity (Wildman–Crippen MR) is 61.1 cm³/mol. The number of halogens is 1. The number of aromatic amines is 1. The summed E-state index contributed by atoms with van der Waals surface area (Å²) in [4.78, 5) is 20.1. The van der Waals surface area contributed by atoms with Crippen LogP contribution in [0.3, 0.4) is 0 Å². The van der Waals surface area contributed by atoms with Crippen LogP contribution in [0.1, 0.15) is 5.69 Å². The smallest absolute Gasteiger partial charge is 0.293 e. The van der Waals surface area contributed by atoms with Crippen molar-refractivity contribution in [2.75, 3.05) is 0 Å². The number of aryl methyl sites for hydroxylation is 1. The van der Waals surface area contributed by atoms with Crippen LogP contribution >= 0.6 is 11.6 Å². The third-order valence-corrected chi connectivity index (χ3v) is 2.80. The average molecular weight is 251 g/mol. The molecule has 0 atom stereocenters. The quantitative estimate of drug-likeness (QED) is 0.712. The number of hydrogen-bond donors (Lipinski definition) is 1. The molecular weight excluding hydrogens is 244 g/mol. The number of nitrogens with zero attached hydrogens (tertiary/aromatic N) is 3. The molecule has 3 aromatic rings. The standard InChI is InChI=1S/C10H7ClN4O2/c1-5-7(11)9(16)15-10(12-5)13-8(14-15)6-3-2-4-17-6/h2-4H,1H3,(H,12,13,14). The molecule has 86 valence electrons. The molecule has 1 N–H and O–H groups in total. The van der Waals surface area contributed by atoms with Crippen molar-refractivity contribution in [1.82, 2.24) is 19.6 Å². The van der Waals surface area contributed by atoms with Gasteiger partial charge in [0.1, 0.15) is 5.02 Å². The van der Waals surface area contributed by atoms with Gasteiger partial charge >= 0.3 is 0 Å². The lowest BCUT2D eigenvalue weighted by molar-refractivity contribution is 0.577. The molecule has 0 saturated heterocycles. The molecule has 0 fully saturated rings. The van der Waals surface area contributed by atoms with Gasteiger partial charge < -0.3 is 4.42 Å². The molecule has 7 heteroatoms. The third-order valence-electron chi connectivity index (χ3n) is 2.36. The number of rotatable bonds is 1. The first kappa shape index (κ1) is 10.1. The van der Waals surface area contributed by atoms with Crippen LogP contribution in [0.4, 0.5) is 0 Å². The molecule has 0 aromatic carbocycles. The molecule has 0 radical (unpaired) electrons. The lowest BCUT2D eigenvalue weighted by Crippen LogP contribution is -2.17. The SMILES string of the molecule is Cc1nc2nc(-c3ccco3)[nH]n2c(=O)c1Cl. The van der Waals surface area contributed by atoms with Crippen LogP contribution in [0.2, 0.25) is 5.02 Å². The fraction of sp³-hybridized carbons (Fsp3) is 0.100. The van der Waals surface area contributed by atoms with Crippen LogP contribution in [-0.2, 0) is 0 Å². The zero-order chi connectivity index (χ0) is 12.0. The maximum atomic E-state index is 11.8. The highest BCUT2D eigenvalue weighted by atomic mass is 35.5. The fourth-order valence-electron chi connectivity index (χ4n) is 1.52. The van der Waals surface area contributed by atoms with Gasteiger partial charge in [-0.15, -0.1) is 0 Å². The van der Waals surface area contributed by atoms with Gasteiger partial charge in [0, 0.05) is 0 Å². The maximum Gasteiger partial charge on any atom is 0.293 e. The Hall–Kier alpha value is -2.08. The first-order valence-electron chi connectivity index (χ1n) is 4.85. The van der Waals surface area contributed by atoms with Crippen molar-refractivity contribution in [3.63, 3.8) is 0 Å². The summed E-state index contributed by atoms with van der Waals surface area (Å²) in [6, 6.07) is 3.47. The van der Waals surface area contributed by atoms with Crippen LogP contribution in [0.15, 0.2) is 27.6 Å². The van der Waals surface area contributed by atoms with Crippen molar-refractivity contribution >= 4 is 17.4 Å². The Morgan fingerprint density at radius 1 is 1.47 bits per heavy atom. The van der Waals surface area contributed by atoms with E-state index in [1.807, 2.05) is 0 Å². The van der Waals surface area contributed by atoms with Crippen molar-refractivity contribution in [2.24, 2.45) is 0 Å². The molecule has 3 rings (SSSR count). The number of aromatic nitrogens is 4. The van der Waals surface area contributed by atoms with Crippen molar-refractivity contribution in [2.45, 2.75) is 6.92 Å². The second-order valence-corrected chi connectivity index (χ2v) is 3.88. The van der Waals surface area contributed by atoms with Gasteiger partial charge in [0.2, 0.25) is 0 Å². The first-order chi connectivity index (χ1) is 8.16. The van der Waals surface area contributed by atoms with Crippen LogP contribution in [0, 0.1) is 6.92 Å². The molecule has 0 bridgehead atoms. The molecule has 0 saturated carbocycles. The van der Waals surface area contributed by atoms with Crippen LogP contribution in [0.25, 0.3) is 17.4 Å². The fourth-order valence-corrected chi connectivity index (χ4v) is 1.65. The number of fused-ring (bicyclic) bond motifs is 1. The maximum absolute atomic E-state index is 11.8. The Balaban J connectivity index is 2.34. The third kappa shape index (κ3) is 1.45. The second-order valence-electron chi connectivity index (χ2n) is 3.50. The normalized spacial score (nSPS) is 11.2. The van der Waals surface area contributed by atoms with E-state index >= 15 is 0 Å².